The Kier molecular flexibility index (Phi) is 11.4. The second kappa shape index (κ2) is 14.2. The average Bonchev–Trinajstić information content (AvgIpc) is 3.41. The van der Waals surface area contributed by atoms with Gasteiger partial charge in [-0.2, -0.15) is 0 Å². The van der Waals surface area contributed by atoms with E-state index in [4.69, 9.17) is 9.72 Å². The first-order valence-corrected chi connectivity index (χ1v) is 13.3. The van der Waals surface area contributed by atoms with Crippen molar-refractivity contribution in [3.8, 4) is 11.1 Å². The molecule has 1 atom stereocenters. The molecule has 0 spiro atoms. The van der Waals surface area contributed by atoms with E-state index >= 15 is 0 Å². The number of nitrogens with zero attached hydrogens (tertiary/aromatic N) is 3. The maximum absolute atomic E-state index is 13.1. The predicted molar refractivity (Wildman–Crippen MR) is 158 cm³/mol. The summed E-state index contributed by atoms with van der Waals surface area (Å²) in [5.41, 5.74) is 3.86. The molecule has 2 aliphatic heterocycles. The number of aromatic carboxylic acids is 1. The third-order valence-electron chi connectivity index (χ3n) is 7.31. The van der Waals surface area contributed by atoms with E-state index in [9.17, 15) is 24.6 Å². The summed E-state index contributed by atoms with van der Waals surface area (Å²) in [6, 6.07) is 13.8. The van der Waals surface area contributed by atoms with E-state index in [1.807, 2.05) is 30.3 Å². The van der Waals surface area contributed by atoms with Crippen LogP contribution in [-0.4, -0.2) is 115 Å². The number of aliphatic hydroxyl groups excluding tert-OH is 1. The van der Waals surface area contributed by atoms with E-state index in [2.05, 4.69) is 11.5 Å². The molecule has 206 valence electrons. The van der Waals surface area contributed by atoms with Crippen LogP contribution in [-0.2, 0) is 33.7 Å². The second-order valence-corrected chi connectivity index (χ2v) is 9.73. The number of imidazole rings is 1. The molecule has 9 nitrogen and oxygen atoms in total. The van der Waals surface area contributed by atoms with Crippen LogP contribution in [0.3, 0.4) is 0 Å². The number of rotatable bonds is 9. The van der Waals surface area contributed by atoms with Crippen LogP contribution in [0.15, 0.2) is 59.9 Å². The molecule has 0 saturated carbocycles. The van der Waals surface area contributed by atoms with Crippen LogP contribution < -0.4 is 0 Å². The van der Waals surface area contributed by atoms with Gasteiger partial charge in [-0.1, -0.05) is 55.8 Å². The number of carboxylic acid groups (broad SMARTS) is 1. The van der Waals surface area contributed by atoms with Gasteiger partial charge in [0.1, 0.15) is 17.6 Å². The second-order valence-electron chi connectivity index (χ2n) is 9.73. The minimum absolute atomic E-state index is 0. The van der Waals surface area contributed by atoms with Crippen LogP contribution in [0.1, 0.15) is 65.9 Å². The summed E-state index contributed by atoms with van der Waals surface area (Å²) in [6.45, 7) is 4.67. The number of esters is 1. The van der Waals surface area contributed by atoms with Gasteiger partial charge < -0.3 is 24.4 Å². The fourth-order valence-corrected chi connectivity index (χ4v) is 5.44. The molecule has 0 fully saturated rings. The van der Waals surface area contributed by atoms with Crippen molar-refractivity contribution in [3.63, 3.8) is 0 Å². The Labute approximate surface area is 283 Å². The van der Waals surface area contributed by atoms with Crippen molar-refractivity contribution in [2.45, 2.75) is 52.1 Å². The summed E-state index contributed by atoms with van der Waals surface area (Å²) in [6.07, 6.45) is 3.19. The number of carboxylic acids is 1. The molecule has 11 heteroatoms. The third kappa shape index (κ3) is 6.35. The number of carbonyl (C=O) groups excluding carboxylic acids is 2. The zero-order valence-electron chi connectivity index (χ0n) is 22.0. The summed E-state index contributed by atoms with van der Waals surface area (Å²) in [7, 11) is 0. The molecule has 41 heavy (non-hydrogen) atoms. The first-order chi connectivity index (χ1) is 18.8. The van der Waals surface area contributed by atoms with Crippen LogP contribution in [0.25, 0.3) is 11.1 Å². The molecular weight excluding hydrogens is 544 g/mol. The number of aromatic nitrogens is 2. The molecule has 0 saturated heterocycles. The normalized spacial score (nSPS) is 15.5. The first kappa shape index (κ1) is 33.1. The number of benzene rings is 2. The fraction of sp³-hybridized carbons (Fsp3) is 0.333. The number of hydrogen-bond acceptors (Lipinski definition) is 6. The van der Waals surface area contributed by atoms with Crippen LogP contribution in [0, 0.1) is 0 Å². The Hall–Kier alpha value is -2.40. The zero-order valence-corrected chi connectivity index (χ0v) is 22.0. The van der Waals surface area contributed by atoms with Crippen molar-refractivity contribution in [3.05, 3.63) is 88.2 Å². The zero-order chi connectivity index (χ0) is 27.7. The number of amides is 1. The van der Waals surface area contributed by atoms with E-state index in [1.165, 1.54) is 4.90 Å². The van der Waals surface area contributed by atoms with Crippen molar-refractivity contribution >= 4 is 77.0 Å². The summed E-state index contributed by atoms with van der Waals surface area (Å²) in [4.78, 5) is 43.7. The number of aryl methyl sites for hydroxylation is 1. The monoisotopic (exact) mass is 577 g/mol. The van der Waals surface area contributed by atoms with Gasteiger partial charge in [0.15, 0.2) is 5.57 Å². The van der Waals surface area contributed by atoms with Gasteiger partial charge in [0.05, 0.1) is 23.6 Å². The molecule has 3 heterocycles. The Balaban J connectivity index is 0.00000231. The van der Waals surface area contributed by atoms with E-state index in [1.54, 1.807) is 25.1 Å². The molecule has 2 N–H and O–H groups in total. The summed E-state index contributed by atoms with van der Waals surface area (Å²) in [5.74, 6) is -1.74. The number of aliphatic hydroxyl groups is 1. The van der Waals surface area contributed by atoms with Crippen LogP contribution in [0.5, 0.6) is 0 Å². The maximum atomic E-state index is 13.1. The molecule has 2 aromatic carbocycles. The van der Waals surface area contributed by atoms with Crippen molar-refractivity contribution in [2.24, 2.45) is 0 Å². The molecule has 3 aromatic rings. The van der Waals surface area contributed by atoms with Gasteiger partial charge in [-0.15, -0.1) is 0 Å². The Morgan fingerprint density at radius 1 is 1.07 bits per heavy atom. The van der Waals surface area contributed by atoms with Crippen molar-refractivity contribution in [1.82, 2.24) is 14.5 Å². The fourth-order valence-electron chi connectivity index (χ4n) is 5.44. The standard InChI is InChI=1S/C30H31N3O6.2Na.2H/c1-3-5-10-23-31-22-15-16-32-26(27(34)24(28(32)35)30(38)39-4-2)25(22)33(23)17-18-11-13-19(14-12-18)20-8-6-7-9-21(20)29(36)37;;;;/h6-9,11-14,26,34H,3-5,10,15-17H2,1-2H3,(H,36,37);;;;. The van der Waals surface area contributed by atoms with Crippen LogP contribution in [0.2, 0.25) is 0 Å². The van der Waals surface area contributed by atoms with Gasteiger partial charge >= 0.3 is 71.1 Å². The van der Waals surface area contributed by atoms with Gasteiger partial charge in [0.2, 0.25) is 0 Å². The number of carbonyl (C=O) groups is 3. The number of fused-ring (bicyclic) bond motifs is 3. The number of unbranched alkanes of at least 4 members (excludes halogenated alkanes) is 1. The molecule has 2 aliphatic rings. The van der Waals surface area contributed by atoms with Crippen molar-refractivity contribution < 1.29 is 29.3 Å². The summed E-state index contributed by atoms with van der Waals surface area (Å²) >= 11 is 0. The third-order valence-corrected chi connectivity index (χ3v) is 7.31. The first-order valence-electron chi connectivity index (χ1n) is 13.3. The van der Waals surface area contributed by atoms with Gasteiger partial charge in [-0.05, 0) is 36.1 Å². The summed E-state index contributed by atoms with van der Waals surface area (Å²) in [5, 5.41) is 20.7. The number of ether oxygens (including phenoxy) is 1. The van der Waals surface area contributed by atoms with Gasteiger partial charge in [0, 0.05) is 25.9 Å². The SMILES string of the molecule is CCCCc1nc2c(n1Cc1ccc(-c3ccccc3C(=O)O)cc1)C1C(O)=C(C(=O)OCC)C(=O)N1CC2.[NaH].[NaH]. The average molecular weight is 578 g/mol. The van der Waals surface area contributed by atoms with E-state index in [0.717, 1.165) is 47.6 Å². The van der Waals surface area contributed by atoms with Gasteiger partial charge in [-0.25, -0.2) is 14.6 Å². The van der Waals surface area contributed by atoms with Gasteiger partial charge in [0.25, 0.3) is 5.91 Å². The van der Waals surface area contributed by atoms with Crippen LogP contribution in [0.4, 0.5) is 0 Å². The topological polar surface area (TPSA) is 122 Å². The molecule has 0 aliphatic carbocycles. The van der Waals surface area contributed by atoms with Crippen molar-refractivity contribution in [1.29, 1.82) is 0 Å². The molecule has 1 amide bonds. The van der Waals surface area contributed by atoms with E-state index in [0.29, 0.717) is 25.1 Å². The van der Waals surface area contributed by atoms with Crippen LogP contribution >= 0.6 is 0 Å². The summed E-state index contributed by atoms with van der Waals surface area (Å²) < 4.78 is 7.11. The predicted octanol–water partition coefficient (Wildman–Crippen LogP) is 3.16. The van der Waals surface area contributed by atoms with E-state index in [-0.39, 0.29) is 82.6 Å². The van der Waals surface area contributed by atoms with Crippen molar-refractivity contribution in [2.75, 3.05) is 13.2 Å². The van der Waals surface area contributed by atoms with Gasteiger partial charge in [-0.3, -0.25) is 4.79 Å². The molecule has 5 rings (SSSR count). The Bertz CT molecular complexity index is 1480. The molecule has 0 radical (unpaired) electrons. The van der Waals surface area contributed by atoms with E-state index < -0.39 is 23.9 Å². The molecular formula is C30H33N3Na2O6. The molecule has 1 unspecified atom stereocenters. The number of hydrogen-bond donors (Lipinski definition) is 2. The quantitative estimate of drug-likeness (QED) is 0.228. The Morgan fingerprint density at radius 2 is 1.78 bits per heavy atom. The Morgan fingerprint density at radius 3 is 2.44 bits per heavy atom. The molecule has 0 bridgehead atoms. The minimum atomic E-state index is -0.981. The molecule has 1 aromatic heterocycles.